The molecular formula is C64H114O6. The molecule has 0 heterocycles. The van der Waals surface area contributed by atoms with Crippen LogP contribution >= 0.6 is 0 Å². The normalized spacial score (nSPS) is 12.4. The lowest BCUT2D eigenvalue weighted by Gasteiger charge is -2.18. The van der Waals surface area contributed by atoms with Gasteiger partial charge in [-0.25, -0.2) is 0 Å². The maximum atomic E-state index is 12.9. The first-order chi connectivity index (χ1) is 34.5. The monoisotopic (exact) mass is 979 g/mol. The highest BCUT2D eigenvalue weighted by molar-refractivity contribution is 5.71. The van der Waals surface area contributed by atoms with Crippen LogP contribution in [0.2, 0.25) is 0 Å². The van der Waals surface area contributed by atoms with Crippen molar-refractivity contribution < 1.29 is 28.6 Å². The Morgan fingerprint density at radius 1 is 0.300 bits per heavy atom. The zero-order valence-electron chi connectivity index (χ0n) is 46.5. The number of unbranched alkanes of at least 4 members (excludes halogenated alkanes) is 34. The molecule has 406 valence electrons. The van der Waals surface area contributed by atoms with Gasteiger partial charge in [0, 0.05) is 19.3 Å². The predicted octanol–water partition coefficient (Wildman–Crippen LogP) is 20.4. The van der Waals surface area contributed by atoms with Crippen molar-refractivity contribution in [1.29, 1.82) is 0 Å². The van der Waals surface area contributed by atoms with Gasteiger partial charge in [0.25, 0.3) is 0 Å². The van der Waals surface area contributed by atoms with Crippen LogP contribution in [0.25, 0.3) is 0 Å². The molecule has 6 heteroatoms. The summed E-state index contributed by atoms with van der Waals surface area (Å²) in [5.41, 5.74) is 0. The minimum absolute atomic E-state index is 0.0849. The highest BCUT2D eigenvalue weighted by atomic mass is 16.6. The smallest absolute Gasteiger partial charge is 0.306 e. The van der Waals surface area contributed by atoms with Gasteiger partial charge < -0.3 is 14.2 Å². The molecular weight excluding hydrogens is 865 g/mol. The van der Waals surface area contributed by atoms with E-state index in [1.165, 1.54) is 167 Å². The Labute approximate surface area is 434 Å². The van der Waals surface area contributed by atoms with Crippen LogP contribution in [-0.4, -0.2) is 37.2 Å². The molecule has 0 aliphatic heterocycles. The Kier molecular flexibility index (Phi) is 56.3. The zero-order valence-corrected chi connectivity index (χ0v) is 46.5. The van der Waals surface area contributed by atoms with Crippen LogP contribution in [0.3, 0.4) is 0 Å². The van der Waals surface area contributed by atoms with E-state index >= 15 is 0 Å². The minimum Gasteiger partial charge on any atom is -0.462 e. The lowest BCUT2D eigenvalue weighted by molar-refractivity contribution is -0.167. The number of allylic oxidation sites excluding steroid dienone is 10. The van der Waals surface area contributed by atoms with E-state index in [9.17, 15) is 14.4 Å². The van der Waals surface area contributed by atoms with E-state index in [0.29, 0.717) is 19.3 Å². The fourth-order valence-corrected chi connectivity index (χ4v) is 8.68. The summed E-state index contributed by atoms with van der Waals surface area (Å²) in [5.74, 6) is -0.900. The second kappa shape index (κ2) is 58.7. The van der Waals surface area contributed by atoms with Gasteiger partial charge in [0.15, 0.2) is 6.10 Å². The maximum absolute atomic E-state index is 12.9. The summed E-state index contributed by atoms with van der Waals surface area (Å²) < 4.78 is 16.9. The molecule has 0 aromatic carbocycles. The third-order valence-corrected chi connectivity index (χ3v) is 13.2. The molecule has 0 rings (SSSR count). The molecule has 0 aromatic heterocycles. The van der Waals surface area contributed by atoms with Crippen molar-refractivity contribution in [2.24, 2.45) is 0 Å². The van der Waals surface area contributed by atoms with Gasteiger partial charge >= 0.3 is 17.9 Å². The standard InChI is InChI=1S/C64H114O6/c1-4-7-10-13-16-19-22-25-28-31-33-36-39-42-45-48-51-54-57-63(66)69-60-61(59-68-62(65)56-53-50-47-44-41-38-35-30-27-24-21-18-15-12-9-6-3)70-64(67)58-55-52-49-46-43-40-37-34-32-29-26-23-20-17-14-11-8-5-2/h9,12,18,21,27,30,33-34,36-37,61H,4-8,10-11,13-17,19-20,22-26,28-29,31-32,35,38-60H2,1-3H3/b12-9-,21-18-,30-27-,36-33-,37-34-. The Hall–Kier alpha value is -2.89. The fourth-order valence-electron chi connectivity index (χ4n) is 8.68. The van der Waals surface area contributed by atoms with Gasteiger partial charge in [-0.2, -0.15) is 0 Å². The third kappa shape index (κ3) is 56.0. The summed E-state index contributed by atoms with van der Waals surface area (Å²) in [6.07, 6.45) is 73.6. The number of hydrogen-bond donors (Lipinski definition) is 0. The highest BCUT2D eigenvalue weighted by Crippen LogP contribution is 2.16. The Bertz CT molecular complexity index is 1260. The molecule has 0 spiro atoms. The van der Waals surface area contributed by atoms with Crippen LogP contribution in [0.1, 0.15) is 310 Å². The minimum atomic E-state index is -0.788. The van der Waals surface area contributed by atoms with Crippen molar-refractivity contribution in [3.05, 3.63) is 60.8 Å². The number of ether oxygens (including phenoxy) is 3. The van der Waals surface area contributed by atoms with E-state index in [1.54, 1.807) is 0 Å². The summed E-state index contributed by atoms with van der Waals surface area (Å²) in [4.78, 5) is 38.2. The zero-order chi connectivity index (χ0) is 50.7. The van der Waals surface area contributed by atoms with E-state index in [-0.39, 0.29) is 31.1 Å². The average molecular weight is 980 g/mol. The Morgan fingerprint density at radius 2 is 0.557 bits per heavy atom. The number of rotatable bonds is 55. The molecule has 0 bridgehead atoms. The van der Waals surface area contributed by atoms with E-state index in [0.717, 1.165) is 103 Å². The van der Waals surface area contributed by atoms with E-state index < -0.39 is 6.10 Å². The Morgan fingerprint density at radius 3 is 0.886 bits per heavy atom. The van der Waals surface area contributed by atoms with Crippen LogP contribution in [0.4, 0.5) is 0 Å². The summed E-state index contributed by atoms with van der Waals surface area (Å²) in [7, 11) is 0. The van der Waals surface area contributed by atoms with Crippen LogP contribution in [-0.2, 0) is 28.6 Å². The predicted molar refractivity (Wildman–Crippen MR) is 302 cm³/mol. The van der Waals surface area contributed by atoms with Crippen molar-refractivity contribution in [2.45, 2.75) is 316 Å². The molecule has 1 unspecified atom stereocenters. The molecule has 0 amide bonds. The van der Waals surface area contributed by atoms with Gasteiger partial charge in [-0.05, 0) is 103 Å². The topological polar surface area (TPSA) is 78.9 Å². The Balaban J connectivity index is 4.40. The molecule has 70 heavy (non-hydrogen) atoms. The van der Waals surface area contributed by atoms with Crippen LogP contribution in [0, 0.1) is 0 Å². The molecule has 0 N–H and O–H groups in total. The summed E-state index contributed by atoms with van der Waals surface area (Å²) >= 11 is 0. The van der Waals surface area contributed by atoms with Crippen molar-refractivity contribution in [2.75, 3.05) is 13.2 Å². The van der Waals surface area contributed by atoms with Gasteiger partial charge in [0.1, 0.15) is 13.2 Å². The first-order valence-electron chi connectivity index (χ1n) is 30.3. The summed E-state index contributed by atoms with van der Waals surface area (Å²) in [6.45, 7) is 6.54. The second-order valence-electron chi connectivity index (χ2n) is 20.2. The molecule has 0 radical (unpaired) electrons. The van der Waals surface area contributed by atoms with Gasteiger partial charge in [-0.3, -0.25) is 14.4 Å². The van der Waals surface area contributed by atoms with Crippen molar-refractivity contribution >= 4 is 17.9 Å². The number of carbonyl (C=O) groups is 3. The molecule has 0 saturated heterocycles. The van der Waals surface area contributed by atoms with Gasteiger partial charge in [0.2, 0.25) is 0 Å². The lowest BCUT2D eigenvalue weighted by atomic mass is 10.1. The second-order valence-corrected chi connectivity index (χ2v) is 20.2. The number of carbonyl (C=O) groups excluding carboxylic acids is 3. The van der Waals surface area contributed by atoms with Gasteiger partial charge in [0.05, 0.1) is 0 Å². The molecule has 1 atom stereocenters. The van der Waals surface area contributed by atoms with Crippen LogP contribution < -0.4 is 0 Å². The highest BCUT2D eigenvalue weighted by Gasteiger charge is 2.19. The average Bonchev–Trinajstić information content (AvgIpc) is 3.36. The van der Waals surface area contributed by atoms with E-state index in [1.807, 2.05) is 0 Å². The molecule has 6 nitrogen and oxygen atoms in total. The largest absolute Gasteiger partial charge is 0.462 e. The van der Waals surface area contributed by atoms with Crippen LogP contribution in [0.15, 0.2) is 60.8 Å². The van der Waals surface area contributed by atoms with Gasteiger partial charge in [-0.1, -0.05) is 248 Å². The SMILES string of the molecule is CC/C=C\C/C=C\C/C=C\CCCCCCCCC(=O)OCC(COC(=O)CCCCCCC/C=C\CCCCCCCCCCC)OC(=O)CCCCCCC/C=C\CCCCCCCCCCC. The first kappa shape index (κ1) is 67.1. The van der Waals surface area contributed by atoms with E-state index in [2.05, 4.69) is 81.5 Å². The maximum Gasteiger partial charge on any atom is 0.306 e. The molecule has 0 aromatic rings. The molecule has 0 aliphatic carbocycles. The fraction of sp³-hybridized carbons (Fsp3) is 0.797. The van der Waals surface area contributed by atoms with Crippen molar-refractivity contribution in [3.8, 4) is 0 Å². The molecule has 0 fully saturated rings. The summed E-state index contributed by atoms with van der Waals surface area (Å²) in [6, 6.07) is 0. The van der Waals surface area contributed by atoms with Crippen molar-refractivity contribution in [1.82, 2.24) is 0 Å². The van der Waals surface area contributed by atoms with Crippen molar-refractivity contribution in [3.63, 3.8) is 0 Å². The lowest BCUT2D eigenvalue weighted by Crippen LogP contribution is -2.30. The quantitative estimate of drug-likeness (QED) is 0.0261. The van der Waals surface area contributed by atoms with Gasteiger partial charge in [-0.15, -0.1) is 0 Å². The van der Waals surface area contributed by atoms with E-state index in [4.69, 9.17) is 14.2 Å². The third-order valence-electron chi connectivity index (χ3n) is 13.2. The first-order valence-corrected chi connectivity index (χ1v) is 30.3. The number of hydrogen-bond acceptors (Lipinski definition) is 6. The number of esters is 3. The molecule has 0 aliphatic rings. The molecule has 0 saturated carbocycles. The summed E-state index contributed by atoms with van der Waals surface area (Å²) in [5, 5.41) is 0. The van der Waals surface area contributed by atoms with Crippen LogP contribution in [0.5, 0.6) is 0 Å².